The maximum absolute atomic E-state index is 11.2. The standard InChI is InChI=1S/C12H13ClN4OS/c1-2-7-4-8-10(15-6-3-9(18)14-5-6)16-12(13)17-11(8)19-7/h4,6H,2-3,5H2,1H3,(H,14,18)(H,15,16,17). The molecule has 1 unspecified atom stereocenters. The molecule has 3 rings (SSSR count). The predicted molar refractivity (Wildman–Crippen MR) is 76.8 cm³/mol. The molecule has 0 spiro atoms. The van der Waals surface area contributed by atoms with E-state index in [-0.39, 0.29) is 17.2 Å². The molecule has 2 aromatic rings. The van der Waals surface area contributed by atoms with Crippen molar-refractivity contribution in [2.75, 3.05) is 11.9 Å². The molecule has 19 heavy (non-hydrogen) atoms. The SMILES string of the molecule is CCc1cc2c(NC3CNC(=O)C3)nc(Cl)nc2s1. The monoisotopic (exact) mass is 296 g/mol. The van der Waals surface area contributed by atoms with Crippen LogP contribution < -0.4 is 10.6 Å². The highest BCUT2D eigenvalue weighted by Crippen LogP contribution is 2.30. The lowest BCUT2D eigenvalue weighted by molar-refractivity contribution is -0.119. The Labute approximate surface area is 119 Å². The van der Waals surface area contributed by atoms with E-state index in [1.165, 1.54) is 4.88 Å². The molecular weight excluding hydrogens is 284 g/mol. The van der Waals surface area contributed by atoms with Gasteiger partial charge in [0, 0.05) is 17.8 Å². The Morgan fingerprint density at radius 3 is 3.11 bits per heavy atom. The molecule has 1 amide bonds. The molecule has 2 N–H and O–H groups in total. The largest absolute Gasteiger partial charge is 0.364 e. The van der Waals surface area contributed by atoms with E-state index in [1.54, 1.807) is 11.3 Å². The Morgan fingerprint density at radius 1 is 1.58 bits per heavy atom. The third-order valence-electron chi connectivity index (χ3n) is 3.08. The summed E-state index contributed by atoms with van der Waals surface area (Å²) in [6.07, 6.45) is 1.43. The van der Waals surface area contributed by atoms with Gasteiger partial charge in [-0.25, -0.2) is 9.97 Å². The van der Waals surface area contributed by atoms with Crippen LogP contribution in [0.3, 0.4) is 0 Å². The van der Waals surface area contributed by atoms with Crippen LogP contribution in [0.1, 0.15) is 18.2 Å². The molecule has 0 radical (unpaired) electrons. The molecule has 0 bridgehead atoms. The second-order valence-electron chi connectivity index (χ2n) is 4.48. The number of nitrogens with zero attached hydrogens (tertiary/aromatic N) is 2. The molecule has 1 aliphatic rings. The van der Waals surface area contributed by atoms with Crippen LogP contribution in [0.5, 0.6) is 0 Å². The van der Waals surface area contributed by atoms with Gasteiger partial charge < -0.3 is 10.6 Å². The Morgan fingerprint density at radius 2 is 2.42 bits per heavy atom. The number of fused-ring (bicyclic) bond motifs is 1. The second-order valence-corrected chi connectivity index (χ2v) is 5.93. The molecule has 0 aliphatic carbocycles. The van der Waals surface area contributed by atoms with E-state index in [9.17, 15) is 4.79 Å². The van der Waals surface area contributed by atoms with E-state index in [1.807, 2.05) is 0 Å². The smallest absolute Gasteiger partial charge is 0.225 e. The van der Waals surface area contributed by atoms with Crippen molar-refractivity contribution in [2.24, 2.45) is 0 Å². The summed E-state index contributed by atoms with van der Waals surface area (Å²) in [5.41, 5.74) is 0. The summed E-state index contributed by atoms with van der Waals surface area (Å²) in [6.45, 7) is 2.72. The number of rotatable bonds is 3. The number of thiophene rings is 1. The fourth-order valence-electron chi connectivity index (χ4n) is 2.13. The predicted octanol–water partition coefficient (Wildman–Crippen LogP) is 2.21. The van der Waals surface area contributed by atoms with Crippen molar-refractivity contribution < 1.29 is 4.79 Å². The molecule has 1 atom stereocenters. The zero-order valence-corrected chi connectivity index (χ0v) is 11.9. The first-order valence-electron chi connectivity index (χ1n) is 6.15. The van der Waals surface area contributed by atoms with Crippen LogP contribution in [0, 0.1) is 0 Å². The number of nitrogens with one attached hydrogen (secondary N) is 2. The Kier molecular flexibility index (Phi) is 3.28. The summed E-state index contributed by atoms with van der Waals surface area (Å²) >= 11 is 7.58. The topological polar surface area (TPSA) is 66.9 Å². The lowest BCUT2D eigenvalue weighted by atomic mass is 10.2. The molecule has 3 heterocycles. The normalized spacial score (nSPS) is 18.8. The van der Waals surface area contributed by atoms with Crippen LogP contribution in [0.2, 0.25) is 5.28 Å². The fraction of sp³-hybridized carbons (Fsp3) is 0.417. The van der Waals surface area contributed by atoms with Gasteiger partial charge in [0.2, 0.25) is 11.2 Å². The molecule has 0 saturated carbocycles. The van der Waals surface area contributed by atoms with E-state index in [4.69, 9.17) is 11.6 Å². The van der Waals surface area contributed by atoms with E-state index < -0.39 is 0 Å². The van der Waals surface area contributed by atoms with E-state index in [0.29, 0.717) is 18.8 Å². The Balaban J connectivity index is 1.97. The van der Waals surface area contributed by atoms with Crippen molar-refractivity contribution in [3.8, 4) is 0 Å². The molecule has 0 aromatic carbocycles. The second kappa shape index (κ2) is 4.94. The van der Waals surface area contributed by atoms with Gasteiger partial charge in [-0.2, -0.15) is 0 Å². The third-order valence-corrected chi connectivity index (χ3v) is 4.43. The number of amides is 1. The van der Waals surface area contributed by atoms with Crippen molar-refractivity contribution in [3.63, 3.8) is 0 Å². The maximum atomic E-state index is 11.2. The number of hydrogen-bond acceptors (Lipinski definition) is 5. The van der Waals surface area contributed by atoms with Gasteiger partial charge in [-0.05, 0) is 24.1 Å². The van der Waals surface area contributed by atoms with Crippen LogP contribution in [-0.4, -0.2) is 28.5 Å². The number of aryl methyl sites for hydroxylation is 1. The van der Waals surface area contributed by atoms with Crippen LogP contribution >= 0.6 is 22.9 Å². The van der Waals surface area contributed by atoms with Gasteiger partial charge in [-0.15, -0.1) is 11.3 Å². The molecule has 1 fully saturated rings. The number of aromatic nitrogens is 2. The zero-order valence-electron chi connectivity index (χ0n) is 10.4. The Bertz CT molecular complexity index is 642. The minimum Gasteiger partial charge on any atom is -0.364 e. The summed E-state index contributed by atoms with van der Waals surface area (Å²) in [6, 6.07) is 2.15. The Hall–Kier alpha value is -1.40. The highest BCUT2D eigenvalue weighted by Gasteiger charge is 2.22. The summed E-state index contributed by atoms with van der Waals surface area (Å²) in [4.78, 5) is 21.8. The molecular formula is C12H13ClN4OS. The highest BCUT2D eigenvalue weighted by atomic mass is 35.5. The van der Waals surface area contributed by atoms with Crippen molar-refractivity contribution in [2.45, 2.75) is 25.8 Å². The summed E-state index contributed by atoms with van der Waals surface area (Å²) in [7, 11) is 0. The maximum Gasteiger partial charge on any atom is 0.225 e. The van der Waals surface area contributed by atoms with Gasteiger partial charge in [0.1, 0.15) is 10.6 Å². The van der Waals surface area contributed by atoms with Crippen molar-refractivity contribution in [1.29, 1.82) is 0 Å². The highest BCUT2D eigenvalue weighted by molar-refractivity contribution is 7.18. The van der Waals surface area contributed by atoms with Crippen molar-refractivity contribution in [1.82, 2.24) is 15.3 Å². The average molecular weight is 297 g/mol. The molecule has 100 valence electrons. The van der Waals surface area contributed by atoms with Crippen molar-refractivity contribution in [3.05, 3.63) is 16.2 Å². The molecule has 1 aliphatic heterocycles. The van der Waals surface area contributed by atoms with Gasteiger partial charge in [-0.3, -0.25) is 4.79 Å². The van der Waals surface area contributed by atoms with Crippen LogP contribution in [-0.2, 0) is 11.2 Å². The summed E-state index contributed by atoms with van der Waals surface area (Å²) in [5.74, 6) is 0.779. The number of halogens is 1. The summed E-state index contributed by atoms with van der Waals surface area (Å²) < 4.78 is 0. The number of carbonyl (C=O) groups excluding carboxylic acids is 1. The van der Waals surface area contributed by atoms with Crippen molar-refractivity contribution >= 4 is 44.9 Å². The zero-order chi connectivity index (χ0) is 13.4. The molecule has 2 aromatic heterocycles. The quantitative estimate of drug-likeness (QED) is 0.852. The molecule has 7 heteroatoms. The van der Waals surface area contributed by atoms with Crippen LogP contribution in [0.25, 0.3) is 10.2 Å². The minimum absolute atomic E-state index is 0.0617. The van der Waals surface area contributed by atoms with E-state index >= 15 is 0 Å². The van der Waals surface area contributed by atoms with Crippen LogP contribution in [0.4, 0.5) is 5.82 Å². The first kappa shape index (κ1) is 12.6. The minimum atomic E-state index is 0.0617. The van der Waals surface area contributed by atoms with Gasteiger partial charge in [0.25, 0.3) is 0 Å². The molecule has 5 nitrogen and oxygen atoms in total. The first-order valence-corrected chi connectivity index (χ1v) is 7.34. The number of carbonyl (C=O) groups is 1. The van der Waals surface area contributed by atoms with E-state index in [2.05, 4.69) is 33.6 Å². The van der Waals surface area contributed by atoms with Gasteiger partial charge in [-0.1, -0.05) is 6.92 Å². The van der Waals surface area contributed by atoms with Crippen LogP contribution in [0.15, 0.2) is 6.07 Å². The lowest BCUT2D eigenvalue weighted by Gasteiger charge is -2.11. The number of anilines is 1. The van der Waals surface area contributed by atoms with Gasteiger partial charge >= 0.3 is 0 Å². The fourth-order valence-corrected chi connectivity index (χ4v) is 3.32. The summed E-state index contributed by atoms with van der Waals surface area (Å²) in [5, 5.41) is 7.28. The average Bonchev–Trinajstić information content (AvgIpc) is 2.95. The van der Waals surface area contributed by atoms with E-state index in [0.717, 1.165) is 16.6 Å². The number of hydrogen-bond donors (Lipinski definition) is 2. The first-order chi connectivity index (χ1) is 9.15. The van der Waals surface area contributed by atoms with Gasteiger partial charge in [0.15, 0.2) is 0 Å². The lowest BCUT2D eigenvalue weighted by Crippen LogP contribution is -2.23. The third kappa shape index (κ3) is 2.50. The molecule has 1 saturated heterocycles. The van der Waals surface area contributed by atoms with Gasteiger partial charge in [0.05, 0.1) is 11.4 Å².